The molecule has 0 aliphatic carbocycles. The van der Waals surface area contributed by atoms with Gasteiger partial charge in [-0.1, -0.05) is 0 Å². The lowest BCUT2D eigenvalue weighted by atomic mass is 9.93. The van der Waals surface area contributed by atoms with E-state index in [4.69, 9.17) is 0 Å². The van der Waals surface area contributed by atoms with Crippen LogP contribution in [0.15, 0.2) is 43.0 Å². The predicted octanol–water partition coefficient (Wildman–Crippen LogP) is 2.74. The fourth-order valence-electron chi connectivity index (χ4n) is 2.86. The van der Waals surface area contributed by atoms with Crippen LogP contribution in [0.3, 0.4) is 0 Å². The maximum Gasteiger partial charge on any atom is 0.253 e. The lowest BCUT2D eigenvalue weighted by Gasteiger charge is -2.31. The van der Waals surface area contributed by atoms with E-state index in [0.717, 1.165) is 18.5 Å². The summed E-state index contributed by atoms with van der Waals surface area (Å²) >= 11 is 0. The molecule has 1 saturated heterocycles. The van der Waals surface area contributed by atoms with Gasteiger partial charge in [-0.15, -0.1) is 12.4 Å². The van der Waals surface area contributed by atoms with Crippen LogP contribution in [0.4, 0.5) is 0 Å². The van der Waals surface area contributed by atoms with Crippen molar-refractivity contribution in [2.24, 2.45) is 5.92 Å². The van der Waals surface area contributed by atoms with Crippen molar-refractivity contribution in [2.75, 3.05) is 13.1 Å². The molecule has 0 saturated carbocycles. The number of imidazole rings is 1. The molecule has 1 aromatic heterocycles. The van der Waals surface area contributed by atoms with Gasteiger partial charge in [-0.05, 0) is 44.0 Å². The minimum atomic E-state index is 0. The number of benzene rings is 1. The molecule has 0 atom stereocenters. The molecule has 1 aliphatic heterocycles. The SMILES string of the molecule is CC(=O)C1CCN(C(=O)c2ccc(-n3ccnc3)cc2)CC1.Cl. The number of hydrogen-bond acceptors (Lipinski definition) is 3. The van der Waals surface area contributed by atoms with Crippen LogP contribution in [0, 0.1) is 5.92 Å². The van der Waals surface area contributed by atoms with Crippen molar-refractivity contribution in [1.82, 2.24) is 14.5 Å². The third-order valence-electron chi connectivity index (χ3n) is 4.27. The van der Waals surface area contributed by atoms with Gasteiger partial charge in [0.2, 0.25) is 0 Å². The van der Waals surface area contributed by atoms with Gasteiger partial charge in [0.05, 0.1) is 6.33 Å². The molecule has 0 N–H and O–H groups in total. The molecule has 1 fully saturated rings. The van der Waals surface area contributed by atoms with Crippen molar-refractivity contribution in [3.63, 3.8) is 0 Å². The van der Waals surface area contributed by atoms with Crippen LogP contribution in [0.1, 0.15) is 30.1 Å². The zero-order valence-electron chi connectivity index (χ0n) is 13.0. The van der Waals surface area contributed by atoms with E-state index in [1.807, 2.05) is 39.9 Å². The number of hydrogen-bond donors (Lipinski definition) is 0. The number of aromatic nitrogens is 2. The largest absolute Gasteiger partial charge is 0.339 e. The molecule has 5 nitrogen and oxygen atoms in total. The second kappa shape index (κ2) is 7.42. The fourth-order valence-corrected chi connectivity index (χ4v) is 2.86. The highest BCUT2D eigenvalue weighted by Crippen LogP contribution is 2.20. The Morgan fingerprint density at radius 3 is 2.30 bits per heavy atom. The zero-order chi connectivity index (χ0) is 15.5. The smallest absolute Gasteiger partial charge is 0.253 e. The number of carbonyl (C=O) groups excluding carboxylic acids is 2. The number of carbonyl (C=O) groups is 2. The van der Waals surface area contributed by atoms with Crippen molar-refractivity contribution in [2.45, 2.75) is 19.8 Å². The minimum Gasteiger partial charge on any atom is -0.339 e. The van der Waals surface area contributed by atoms with E-state index in [9.17, 15) is 9.59 Å². The molecular formula is C17H20ClN3O2. The molecule has 1 aromatic carbocycles. The van der Waals surface area contributed by atoms with Gasteiger partial charge in [-0.25, -0.2) is 4.98 Å². The van der Waals surface area contributed by atoms with E-state index in [1.54, 1.807) is 19.4 Å². The number of rotatable bonds is 3. The van der Waals surface area contributed by atoms with Gasteiger partial charge in [-0.2, -0.15) is 0 Å². The Bertz CT molecular complexity index is 660. The molecule has 0 radical (unpaired) electrons. The average Bonchev–Trinajstić information content (AvgIpc) is 3.09. The highest BCUT2D eigenvalue weighted by molar-refractivity contribution is 5.94. The number of ketones is 1. The van der Waals surface area contributed by atoms with Crippen molar-refractivity contribution in [3.05, 3.63) is 48.5 Å². The Labute approximate surface area is 141 Å². The van der Waals surface area contributed by atoms with Crippen LogP contribution in [0.5, 0.6) is 0 Å². The van der Waals surface area contributed by atoms with Crippen LogP contribution in [-0.2, 0) is 4.79 Å². The molecule has 3 rings (SSSR count). The topological polar surface area (TPSA) is 55.2 Å². The Kier molecular flexibility index (Phi) is 5.55. The monoisotopic (exact) mass is 333 g/mol. The Hall–Kier alpha value is -2.14. The molecule has 122 valence electrons. The van der Waals surface area contributed by atoms with Crippen molar-refractivity contribution >= 4 is 24.1 Å². The summed E-state index contributed by atoms with van der Waals surface area (Å²) < 4.78 is 1.90. The summed E-state index contributed by atoms with van der Waals surface area (Å²) in [6.45, 7) is 2.95. The van der Waals surface area contributed by atoms with Gasteiger partial charge < -0.3 is 9.47 Å². The molecule has 0 bridgehead atoms. The summed E-state index contributed by atoms with van der Waals surface area (Å²) in [6, 6.07) is 7.51. The molecule has 1 aliphatic rings. The second-order valence-corrected chi connectivity index (χ2v) is 5.69. The minimum absolute atomic E-state index is 0. The molecule has 1 amide bonds. The van der Waals surface area contributed by atoms with Crippen molar-refractivity contribution in [3.8, 4) is 5.69 Å². The van der Waals surface area contributed by atoms with Gasteiger partial charge in [0.25, 0.3) is 5.91 Å². The molecule has 0 spiro atoms. The molecule has 6 heteroatoms. The molecule has 2 heterocycles. The highest BCUT2D eigenvalue weighted by atomic mass is 35.5. The quantitative estimate of drug-likeness (QED) is 0.867. The fraction of sp³-hybridized carbons (Fsp3) is 0.353. The first kappa shape index (κ1) is 17.2. The number of halogens is 1. The number of nitrogens with zero attached hydrogens (tertiary/aromatic N) is 3. The summed E-state index contributed by atoms with van der Waals surface area (Å²) in [5.74, 6) is 0.392. The van der Waals surface area contributed by atoms with E-state index in [1.165, 1.54) is 0 Å². The van der Waals surface area contributed by atoms with Gasteiger partial charge in [0, 0.05) is 42.7 Å². The third kappa shape index (κ3) is 3.79. The highest BCUT2D eigenvalue weighted by Gasteiger charge is 2.25. The van der Waals surface area contributed by atoms with E-state index in [-0.39, 0.29) is 30.0 Å². The number of Topliss-reactive ketones (excluding diaryl/α,β-unsaturated/α-hetero) is 1. The van der Waals surface area contributed by atoms with Gasteiger partial charge in [0.1, 0.15) is 5.78 Å². The number of piperidine rings is 1. The number of likely N-dealkylation sites (tertiary alicyclic amines) is 1. The van der Waals surface area contributed by atoms with Crippen LogP contribution in [0.2, 0.25) is 0 Å². The van der Waals surface area contributed by atoms with Gasteiger partial charge in [-0.3, -0.25) is 9.59 Å². The van der Waals surface area contributed by atoms with Crippen LogP contribution >= 0.6 is 12.4 Å². The van der Waals surface area contributed by atoms with E-state index in [0.29, 0.717) is 18.7 Å². The van der Waals surface area contributed by atoms with E-state index >= 15 is 0 Å². The van der Waals surface area contributed by atoms with E-state index in [2.05, 4.69) is 4.98 Å². The third-order valence-corrected chi connectivity index (χ3v) is 4.27. The van der Waals surface area contributed by atoms with E-state index < -0.39 is 0 Å². The Balaban J connectivity index is 0.00000192. The molecule has 23 heavy (non-hydrogen) atoms. The van der Waals surface area contributed by atoms with Gasteiger partial charge in [0.15, 0.2) is 0 Å². The first-order chi connectivity index (χ1) is 10.6. The first-order valence-corrected chi connectivity index (χ1v) is 7.53. The Morgan fingerprint density at radius 2 is 1.78 bits per heavy atom. The maximum atomic E-state index is 12.5. The summed E-state index contributed by atoms with van der Waals surface area (Å²) in [5, 5.41) is 0. The molecule has 2 aromatic rings. The van der Waals surface area contributed by atoms with Crippen LogP contribution < -0.4 is 0 Å². The summed E-state index contributed by atoms with van der Waals surface area (Å²) in [4.78, 5) is 29.7. The lowest BCUT2D eigenvalue weighted by molar-refractivity contribution is -0.121. The van der Waals surface area contributed by atoms with Crippen molar-refractivity contribution in [1.29, 1.82) is 0 Å². The van der Waals surface area contributed by atoms with Crippen LogP contribution in [0.25, 0.3) is 5.69 Å². The maximum absolute atomic E-state index is 12.5. The summed E-state index contributed by atoms with van der Waals surface area (Å²) in [5.41, 5.74) is 1.66. The average molecular weight is 334 g/mol. The van der Waals surface area contributed by atoms with Gasteiger partial charge >= 0.3 is 0 Å². The zero-order valence-corrected chi connectivity index (χ0v) is 13.8. The Morgan fingerprint density at radius 1 is 1.13 bits per heavy atom. The second-order valence-electron chi connectivity index (χ2n) is 5.69. The normalized spacial score (nSPS) is 15.1. The van der Waals surface area contributed by atoms with Crippen molar-refractivity contribution < 1.29 is 9.59 Å². The molecule has 0 unspecified atom stereocenters. The standard InChI is InChI=1S/C17H19N3O2.ClH/c1-13(21)14-6-9-19(10-7-14)17(22)15-2-4-16(5-3-15)20-11-8-18-12-20;/h2-5,8,11-12,14H,6-7,9-10H2,1H3;1H. The van der Waals surface area contributed by atoms with Crippen LogP contribution in [-0.4, -0.2) is 39.2 Å². The lowest BCUT2D eigenvalue weighted by Crippen LogP contribution is -2.39. The summed E-state index contributed by atoms with van der Waals surface area (Å²) in [6.07, 6.45) is 6.85. The number of amides is 1. The molecular weight excluding hydrogens is 314 g/mol. The predicted molar refractivity (Wildman–Crippen MR) is 90.1 cm³/mol. The summed E-state index contributed by atoms with van der Waals surface area (Å²) in [7, 11) is 0. The first-order valence-electron chi connectivity index (χ1n) is 7.53.